The summed E-state index contributed by atoms with van der Waals surface area (Å²) in [6, 6.07) is 2.25. The molecule has 1 saturated heterocycles. The molecule has 0 unspecified atom stereocenters. The fraction of sp³-hybridized carbons (Fsp3) is 0.647. The molecule has 120 valence electrons. The number of thiophene rings is 1. The molecule has 0 bridgehead atoms. The van der Waals surface area contributed by atoms with E-state index in [0.717, 1.165) is 42.4 Å². The summed E-state index contributed by atoms with van der Waals surface area (Å²) >= 11 is 1.80. The molecule has 0 spiro atoms. The molecule has 0 atom stereocenters. The monoisotopic (exact) mass is 318 g/mol. The molecule has 0 saturated carbocycles. The highest BCUT2D eigenvalue weighted by Crippen LogP contribution is 2.29. The first kappa shape index (κ1) is 15.7. The van der Waals surface area contributed by atoms with Gasteiger partial charge in [0, 0.05) is 24.4 Å². The van der Waals surface area contributed by atoms with Gasteiger partial charge in [0.1, 0.15) is 16.5 Å². The first-order valence-corrected chi connectivity index (χ1v) is 9.37. The van der Waals surface area contributed by atoms with Crippen LogP contribution in [0.2, 0.25) is 0 Å². The number of nitrogens with zero attached hydrogens (tertiary/aromatic N) is 3. The van der Waals surface area contributed by atoms with Gasteiger partial charge in [0.05, 0.1) is 5.39 Å². The number of nitrogens with one attached hydrogen (secondary N) is 1. The first-order valence-electron chi connectivity index (χ1n) is 8.55. The van der Waals surface area contributed by atoms with E-state index in [-0.39, 0.29) is 0 Å². The quantitative estimate of drug-likeness (QED) is 0.881. The molecule has 2 aromatic rings. The molecule has 2 aromatic heterocycles. The fourth-order valence-corrected chi connectivity index (χ4v) is 3.98. The van der Waals surface area contributed by atoms with Gasteiger partial charge in [0.15, 0.2) is 0 Å². The number of likely N-dealkylation sites (tertiary alicyclic amines) is 1. The molecule has 3 rings (SSSR count). The molecule has 0 aromatic carbocycles. The second kappa shape index (κ2) is 7.38. The lowest BCUT2D eigenvalue weighted by atomic mass is 10.1. The minimum absolute atomic E-state index is 0.885. The zero-order valence-corrected chi connectivity index (χ0v) is 14.5. The Hall–Kier alpha value is -1.20. The Labute approximate surface area is 137 Å². The third kappa shape index (κ3) is 3.58. The summed E-state index contributed by atoms with van der Waals surface area (Å²) in [6.07, 6.45) is 6.04. The lowest BCUT2D eigenvalue weighted by molar-refractivity contribution is 0.237. The first-order chi connectivity index (χ1) is 10.8. The Kier molecular flexibility index (Phi) is 5.26. The van der Waals surface area contributed by atoms with Crippen LogP contribution in [0.4, 0.5) is 5.82 Å². The van der Waals surface area contributed by atoms with E-state index in [1.165, 1.54) is 42.6 Å². The molecule has 0 radical (unpaired) electrons. The van der Waals surface area contributed by atoms with Gasteiger partial charge in [-0.15, -0.1) is 11.3 Å². The van der Waals surface area contributed by atoms with Crippen LogP contribution in [-0.4, -0.2) is 41.0 Å². The van der Waals surface area contributed by atoms with Crippen molar-refractivity contribution in [1.82, 2.24) is 14.9 Å². The molecule has 1 aliphatic heterocycles. The average molecular weight is 318 g/mol. The second-order valence-corrected chi connectivity index (χ2v) is 7.07. The molecule has 1 fully saturated rings. The Morgan fingerprint density at radius 1 is 1.14 bits per heavy atom. The third-order valence-electron chi connectivity index (χ3n) is 4.32. The van der Waals surface area contributed by atoms with E-state index in [1.54, 1.807) is 11.3 Å². The van der Waals surface area contributed by atoms with Crippen LogP contribution in [-0.2, 0) is 12.8 Å². The van der Waals surface area contributed by atoms with Gasteiger partial charge >= 0.3 is 0 Å². The fourth-order valence-electron chi connectivity index (χ4n) is 3.00. The van der Waals surface area contributed by atoms with Gasteiger partial charge < -0.3 is 10.2 Å². The normalized spacial score (nSPS) is 16.3. The number of aromatic nitrogens is 2. The smallest absolute Gasteiger partial charge is 0.138 e. The highest BCUT2D eigenvalue weighted by Gasteiger charge is 2.12. The summed E-state index contributed by atoms with van der Waals surface area (Å²) < 4.78 is 0. The van der Waals surface area contributed by atoms with Gasteiger partial charge in [-0.2, -0.15) is 0 Å². The molecule has 1 N–H and O–H groups in total. The van der Waals surface area contributed by atoms with Crippen LogP contribution in [0.15, 0.2) is 6.07 Å². The van der Waals surface area contributed by atoms with E-state index in [0.29, 0.717) is 0 Å². The predicted molar refractivity (Wildman–Crippen MR) is 95.0 cm³/mol. The summed E-state index contributed by atoms with van der Waals surface area (Å²) in [5, 5.41) is 4.75. The zero-order chi connectivity index (χ0) is 15.4. The van der Waals surface area contributed by atoms with E-state index in [2.05, 4.69) is 35.1 Å². The van der Waals surface area contributed by atoms with Crippen molar-refractivity contribution in [2.45, 2.75) is 46.0 Å². The summed E-state index contributed by atoms with van der Waals surface area (Å²) in [4.78, 5) is 14.5. The van der Waals surface area contributed by atoms with E-state index in [4.69, 9.17) is 4.98 Å². The highest BCUT2D eigenvalue weighted by molar-refractivity contribution is 7.18. The van der Waals surface area contributed by atoms with Crippen LogP contribution in [0.3, 0.4) is 0 Å². The Balaban J connectivity index is 1.72. The minimum atomic E-state index is 0.885. The maximum absolute atomic E-state index is 4.72. The number of rotatable bonds is 6. The zero-order valence-electron chi connectivity index (χ0n) is 13.7. The van der Waals surface area contributed by atoms with Crippen molar-refractivity contribution in [2.75, 3.05) is 31.5 Å². The molecule has 4 nitrogen and oxygen atoms in total. The lowest BCUT2D eigenvalue weighted by Crippen LogP contribution is -2.33. The Bertz CT molecular complexity index is 616. The van der Waals surface area contributed by atoms with Crippen LogP contribution in [0, 0.1) is 0 Å². The van der Waals surface area contributed by atoms with Crippen LogP contribution < -0.4 is 5.32 Å². The van der Waals surface area contributed by atoms with E-state index >= 15 is 0 Å². The van der Waals surface area contributed by atoms with Crippen molar-refractivity contribution >= 4 is 27.4 Å². The van der Waals surface area contributed by atoms with Gasteiger partial charge in [0.2, 0.25) is 0 Å². The third-order valence-corrected chi connectivity index (χ3v) is 5.50. The van der Waals surface area contributed by atoms with Gasteiger partial charge in [-0.05, 0) is 38.4 Å². The Morgan fingerprint density at radius 2 is 1.95 bits per heavy atom. The van der Waals surface area contributed by atoms with Gasteiger partial charge in [-0.3, -0.25) is 0 Å². The van der Waals surface area contributed by atoms with Crippen LogP contribution in [0.1, 0.15) is 43.8 Å². The summed E-state index contributed by atoms with van der Waals surface area (Å²) in [5.41, 5.74) is 0. The van der Waals surface area contributed by atoms with E-state index in [9.17, 15) is 0 Å². The average Bonchev–Trinajstić information content (AvgIpc) is 2.99. The number of hydrogen-bond acceptors (Lipinski definition) is 5. The molecule has 0 amide bonds. The molecular weight excluding hydrogens is 292 g/mol. The predicted octanol–water partition coefficient (Wildman–Crippen LogP) is 3.71. The van der Waals surface area contributed by atoms with Crippen molar-refractivity contribution in [2.24, 2.45) is 0 Å². The van der Waals surface area contributed by atoms with Crippen molar-refractivity contribution in [3.8, 4) is 0 Å². The van der Waals surface area contributed by atoms with Gasteiger partial charge in [0.25, 0.3) is 0 Å². The molecular formula is C17H26N4S. The largest absolute Gasteiger partial charge is 0.368 e. The maximum atomic E-state index is 4.72. The number of hydrogen-bond donors (Lipinski definition) is 1. The molecule has 0 aliphatic carbocycles. The highest BCUT2D eigenvalue weighted by atomic mass is 32.1. The molecule has 5 heteroatoms. The van der Waals surface area contributed by atoms with Crippen molar-refractivity contribution in [3.63, 3.8) is 0 Å². The molecule has 1 aliphatic rings. The summed E-state index contributed by atoms with van der Waals surface area (Å²) in [5.74, 6) is 1.97. The lowest BCUT2D eigenvalue weighted by Gasteiger charge is -2.26. The van der Waals surface area contributed by atoms with Gasteiger partial charge in [-0.1, -0.05) is 20.3 Å². The Morgan fingerprint density at radius 3 is 2.68 bits per heavy atom. The van der Waals surface area contributed by atoms with E-state index < -0.39 is 0 Å². The summed E-state index contributed by atoms with van der Waals surface area (Å²) in [7, 11) is 0. The number of aryl methyl sites for hydroxylation is 2. The maximum Gasteiger partial charge on any atom is 0.138 e. The van der Waals surface area contributed by atoms with E-state index in [1.807, 2.05) is 0 Å². The summed E-state index contributed by atoms with van der Waals surface area (Å²) in [6.45, 7) is 8.89. The van der Waals surface area contributed by atoms with Crippen molar-refractivity contribution in [1.29, 1.82) is 0 Å². The standard InChI is InChI=1S/C17H26N4S/c1-3-13-12-14-16(19-15(4-2)20-17(14)22-13)18-8-11-21-9-6-5-7-10-21/h12H,3-11H2,1-2H3,(H,18,19,20). The number of anilines is 1. The second-order valence-electron chi connectivity index (χ2n) is 5.96. The minimum Gasteiger partial charge on any atom is -0.368 e. The molecule has 3 heterocycles. The molecule has 22 heavy (non-hydrogen) atoms. The van der Waals surface area contributed by atoms with Gasteiger partial charge in [-0.25, -0.2) is 9.97 Å². The topological polar surface area (TPSA) is 41.1 Å². The number of fused-ring (bicyclic) bond motifs is 1. The van der Waals surface area contributed by atoms with Crippen LogP contribution in [0.5, 0.6) is 0 Å². The van der Waals surface area contributed by atoms with Crippen LogP contribution in [0.25, 0.3) is 10.2 Å². The van der Waals surface area contributed by atoms with Crippen molar-refractivity contribution < 1.29 is 0 Å². The van der Waals surface area contributed by atoms with Crippen molar-refractivity contribution in [3.05, 3.63) is 16.8 Å². The SMILES string of the molecule is CCc1nc(NCCN2CCCCC2)c2cc(CC)sc2n1. The number of piperidine rings is 1. The van der Waals surface area contributed by atoms with Crippen LogP contribution >= 0.6 is 11.3 Å².